The van der Waals surface area contributed by atoms with Gasteiger partial charge in [0.2, 0.25) is 0 Å². The molecule has 0 spiro atoms. The molecular weight excluding hydrogens is 116 g/mol. The van der Waals surface area contributed by atoms with E-state index in [0.717, 1.165) is 0 Å². The normalized spacial score (nSPS) is 16.9. The summed E-state index contributed by atoms with van der Waals surface area (Å²) in [5.41, 5.74) is 0.705. The zero-order valence-electron chi connectivity index (χ0n) is 5.96. The largest absolute Gasteiger partial charge is 0.396 e. The lowest BCUT2D eigenvalue weighted by molar-refractivity contribution is 0.103. The molecule has 0 aliphatic heterocycles. The first-order valence-electron chi connectivity index (χ1n) is 3.04. The Hall–Kier alpha value is -0.340. The van der Waals surface area contributed by atoms with Crippen LogP contribution in [0.25, 0.3) is 0 Å². The van der Waals surface area contributed by atoms with Crippen molar-refractivity contribution in [3.8, 4) is 0 Å². The minimum Gasteiger partial charge on any atom is -0.396 e. The molecule has 0 amide bonds. The van der Waals surface area contributed by atoms with Crippen molar-refractivity contribution in [2.24, 2.45) is 5.92 Å². The molecule has 0 saturated heterocycles. The van der Waals surface area contributed by atoms with Gasteiger partial charge in [0.25, 0.3) is 0 Å². The molecule has 2 atom stereocenters. The van der Waals surface area contributed by atoms with Gasteiger partial charge < -0.3 is 10.2 Å². The Kier molecular flexibility index (Phi) is 3.50. The zero-order chi connectivity index (χ0) is 7.44. The standard InChI is InChI=1S/C7H14O2/c1-5(2)7(9)6(3)4-8/h6-9H,1,4H2,2-3H3/t6-,7-/m1/s1. The second kappa shape index (κ2) is 3.64. The molecule has 0 bridgehead atoms. The summed E-state index contributed by atoms with van der Waals surface area (Å²) in [6.45, 7) is 7.09. The van der Waals surface area contributed by atoms with Crippen LogP contribution in [0.3, 0.4) is 0 Å². The number of aliphatic hydroxyl groups excluding tert-OH is 2. The van der Waals surface area contributed by atoms with Crippen molar-refractivity contribution < 1.29 is 10.2 Å². The molecule has 2 nitrogen and oxygen atoms in total. The monoisotopic (exact) mass is 130 g/mol. The van der Waals surface area contributed by atoms with Gasteiger partial charge >= 0.3 is 0 Å². The molecule has 0 unspecified atom stereocenters. The lowest BCUT2D eigenvalue weighted by atomic mass is 10.0. The molecule has 0 radical (unpaired) electrons. The molecule has 0 rings (SSSR count). The van der Waals surface area contributed by atoms with Crippen LogP contribution in [-0.2, 0) is 0 Å². The highest BCUT2D eigenvalue weighted by Gasteiger charge is 2.12. The molecule has 2 N–H and O–H groups in total. The molecule has 0 aliphatic carbocycles. The van der Waals surface area contributed by atoms with Crippen LogP contribution in [0.2, 0.25) is 0 Å². The second-order valence-corrected chi connectivity index (χ2v) is 2.45. The number of hydrogen-bond acceptors (Lipinski definition) is 2. The third kappa shape index (κ3) is 2.63. The van der Waals surface area contributed by atoms with Crippen LogP contribution in [-0.4, -0.2) is 22.9 Å². The van der Waals surface area contributed by atoms with Crippen molar-refractivity contribution in [3.63, 3.8) is 0 Å². The predicted octanol–water partition coefficient (Wildman–Crippen LogP) is 0.552. The zero-order valence-corrected chi connectivity index (χ0v) is 5.96. The van der Waals surface area contributed by atoms with Gasteiger partial charge in [0, 0.05) is 12.5 Å². The highest BCUT2D eigenvalue weighted by molar-refractivity contribution is 4.98. The van der Waals surface area contributed by atoms with Crippen molar-refractivity contribution in [2.45, 2.75) is 20.0 Å². The Morgan fingerprint density at radius 1 is 1.67 bits per heavy atom. The molecule has 0 aromatic carbocycles. The first-order chi connectivity index (χ1) is 4.09. The van der Waals surface area contributed by atoms with Crippen molar-refractivity contribution in [3.05, 3.63) is 12.2 Å². The number of rotatable bonds is 3. The number of hydrogen-bond donors (Lipinski definition) is 2. The van der Waals surface area contributed by atoms with Crippen molar-refractivity contribution >= 4 is 0 Å². The highest BCUT2D eigenvalue weighted by Crippen LogP contribution is 2.08. The van der Waals surface area contributed by atoms with Crippen molar-refractivity contribution in [1.82, 2.24) is 0 Å². The molecule has 54 valence electrons. The van der Waals surface area contributed by atoms with Gasteiger partial charge in [-0.25, -0.2) is 0 Å². The van der Waals surface area contributed by atoms with E-state index in [1.165, 1.54) is 0 Å². The summed E-state index contributed by atoms with van der Waals surface area (Å²) in [4.78, 5) is 0. The first-order valence-corrected chi connectivity index (χ1v) is 3.04. The maximum absolute atomic E-state index is 9.14. The van der Waals surface area contributed by atoms with E-state index >= 15 is 0 Å². The van der Waals surface area contributed by atoms with E-state index in [1.807, 2.05) is 0 Å². The van der Waals surface area contributed by atoms with Crippen LogP contribution in [0.4, 0.5) is 0 Å². The van der Waals surface area contributed by atoms with Crippen LogP contribution >= 0.6 is 0 Å². The van der Waals surface area contributed by atoms with Gasteiger partial charge in [0.05, 0.1) is 6.10 Å². The average molecular weight is 130 g/mol. The molecule has 0 saturated carbocycles. The minimum absolute atomic E-state index is 0.00796. The molecule has 0 aromatic heterocycles. The van der Waals surface area contributed by atoms with Gasteiger partial charge in [0.1, 0.15) is 0 Å². The predicted molar refractivity (Wildman–Crippen MR) is 37.1 cm³/mol. The van der Waals surface area contributed by atoms with E-state index < -0.39 is 6.10 Å². The Morgan fingerprint density at radius 3 is 2.22 bits per heavy atom. The quantitative estimate of drug-likeness (QED) is 0.548. The summed E-state index contributed by atoms with van der Waals surface area (Å²) in [5, 5.41) is 17.7. The highest BCUT2D eigenvalue weighted by atomic mass is 16.3. The van der Waals surface area contributed by atoms with Gasteiger partial charge in [-0.2, -0.15) is 0 Å². The summed E-state index contributed by atoms with van der Waals surface area (Å²) in [7, 11) is 0. The summed E-state index contributed by atoms with van der Waals surface area (Å²) in [6.07, 6.45) is -0.560. The maximum atomic E-state index is 9.14. The fourth-order valence-electron chi connectivity index (χ4n) is 0.586. The topological polar surface area (TPSA) is 40.5 Å². The molecule has 9 heavy (non-hydrogen) atoms. The van der Waals surface area contributed by atoms with Crippen molar-refractivity contribution in [1.29, 1.82) is 0 Å². The van der Waals surface area contributed by atoms with Gasteiger partial charge in [-0.3, -0.25) is 0 Å². The smallest absolute Gasteiger partial charge is 0.0792 e. The molecule has 0 heterocycles. The maximum Gasteiger partial charge on any atom is 0.0792 e. The van der Waals surface area contributed by atoms with E-state index in [2.05, 4.69) is 6.58 Å². The molecule has 0 aromatic rings. The van der Waals surface area contributed by atoms with E-state index in [9.17, 15) is 0 Å². The minimum atomic E-state index is -0.560. The van der Waals surface area contributed by atoms with Crippen LogP contribution < -0.4 is 0 Å². The van der Waals surface area contributed by atoms with Crippen LogP contribution in [0, 0.1) is 5.92 Å². The summed E-state index contributed by atoms with van der Waals surface area (Å²) in [6, 6.07) is 0. The number of aliphatic hydroxyl groups is 2. The molecular formula is C7H14O2. The van der Waals surface area contributed by atoms with Gasteiger partial charge in [-0.05, 0) is 6.92 Å². The fraction of sp³-hybridized carbons (Fsp3) is 0.714. The SMILES string of the molecule is C=C(C)[C@@H](O)[C@H](C)CO. The van der Waals surface area contributed by atoms with Crippen molar-refractivity contribution in [2.75, 3.05) is 6.61 Å². The Bertz CT molecular complexity index is 99.1. The third-order valence-corrected chi connectivity index (χ3v) is 1.33. The third-order valence-electron chi connectivity index (χ3n) is 1.33. The fourth-order valence-corrected chi connectivity index (χ4v) is 0.586. The van der Waals surface area contributed by atoms with E-state index in [0.29, 0.717) is 5.57 Å². The average Bonchev–Trinajstić information content (AvgIpc) is 1.84. The summed E-state index contributed by atoms with van der Waals surface area (Å²) < 4.78 is 0. The first kappa shape index (κ1) is 8.66. The molecule has 0 aliphatic rings. The van der Waals surface area contributed by atoms with Gasteiger partial charge in [0.15, 0.2) is 0 Å². The van der Waals surface area contributed by atoms with Crippen LogP contribution in [0.1, 0.15) is 13.8 Å². The Morgan fingerprint density at radius 2 is 2.11 bits per heavy atom. The second-order valence-electron chi connectivity index (χ2n) is 2.45. The van der Waals surface area contributed by atoms with Gasteiger partial charge in [-0.1, -0.05) is 19.1 Å². The Balaban J connectivity index is 3.72. The van der Waals surface area contributed by atoms with E-state index in [4.69, 9.17) is 10.2 Å². The van der Waals surface area contributed by atoms with Gasteiger partial charge in [-0.15, -0.1) is 0 Å². The lowest BCUT2D eigenvalue weighted by Crippen LogP contribution is -2.21. The van der Waals surface area contributed by atoms with E-state index in [1.54, 1.807) is 13.8 Å². The molecule has 0 fully saturated rings. The Labute approximate surface area is 55.8 Å². The summed E-state index contributed by atoms with van der Waals surface area (Å²) >= 11 is 0. The van der Waals surface area contributed by atoms with E-state index in [-0.39, 0.29) is 12.5 Å². The van der Waals surface area contributed by atoms with Crippen LogP contribution in [0.5, 0.6) is 0 Å². The summed E-state index contributed by atoms with van der Waals surface area (Å²) in [5.74, 6) is -0.0949. The lowest BCUT2D eigenvalue weighted by Gasteiger charge is -2.15. The molecule has 2 heteroatoms. The van der Waals surface area contributed by atoms with Crippen LogP contribution in [0.15, 0.2) is 12.2 Å².